The van der Waals surface area contributed by atoms with Gasteiger partial charge in [-0.05, 0) is 36.4 Å². The molecule has 0 saturated carbocycles. The van der Waals surface area contributed by atoms with Crippen molar-refractivity contribution in [3.8, 4) is 11.5 Å². The summed E-state index contributed by atoms with van der Waals surface area (Å²) in [6, 6.07) is 15.1. The van der Waals surface area contributed by atoms with Crippen molar-refractivity contribution in [1.29, 1.82) is 0 Å². The normalized spacial score (nSPS) is 10.9. The number of anilines is 2. The van der Waals surface area contributed by atoms with Gasteiger partial charge < -0.3 is 19.5 Å². The Balaban J connectivity index is 2.02. The fourth-order valence-corrected chi connectivity index (χ4v) is 4.70. The number of hydrogen-bond acceptors (Lipinski definition) is 7. The molecule has 184 valence electrons. The van der Waals surface area contributed by atoms with E-state index in [-0.39, 0.29) is 27.6 Å². The summed E-state index contributed by atoms with van der Waals surface area (Å²) >= 11 is 0. The average molecular weight is 503 g/mol. The first-order chi connectivity index (χ1) is 16.7. The van der Waals surface area contributed by atoms with Gasteiger partial charge in [0.2, 0.25) is 5.91 Å². The van der Waals surface area contributed by atoms with E-state index in [1.54, 1.807) is 12.1 Å². The molecule has 3 aromatic carbocycles. The van der Waals surface area contributed by atoms with E-state index in [4.69, 9.17) is 14.2 Å². The number of halogens is 1. The second kappa shape index (κ2) is 10.9. The summed E-state index contributed by atoms with van der Waals surface area (Å²) in [6.45, 7) is -0.785. The summed E-state index contributed by atoms with van der Waals surface area (Å²) in [5.74, 6) is -1.92. The minimum absolute atomic E-state index is 0.0727. The third-order valence-electron chi connectivity index (χ3n) is 4.96. The van der Waals surface area contributed by atoms with Crippen molar-refractivity contribution >= 4 is 33.3 Å². The summed E-state index contributed by atoms with van der Waals surface area (Å²) in [5.41, 5.74) is -0.149. The second-order valence-corrected chi connectivity index (χ2v) is 8.93. The molecule has 9 nitrogen and oxygen atoms in total. The van der Waals surface area contributed by atoms with Gasteiger partial charge >= 0.3 is 5.97 Å². The number of nitrogens with zero attached hydrogens (tertiary/aromatic N) is 1. The fourth-order valence-electron chi connectivity index (χ4n) is 3.26. The maximum Gasteiger partial charge on any atom is 0.339 e. The lowest BCUT2D eigenvalue weighted by atomic mass is 10.2. The van der Waals surface area contributed by atoms with E-state index in [1.165, 1.54) is 69.9 Å². The van der Waals surface area contributed by atoms with Crippen LogP contribution in [0.25, 0.3) is 0 Å². The molecular formula is C24H23FN2O7S. The van der Waals surface area contributed by atoms with Crippen molar-refractivity contribution in [3.05, 3.63) is 78.1 Å². The van der Waals surface area contributed by atoms with Crippen LogP contribution in [0.4, 0.5) is 15.8 Å². The smallest absolute Gasteiger partial charge is 0.339 e. The highest BCUT2D eigenvalue weighted by molar-refractivity contribution is 7.92. The van der Waals surface area contributed by atoms with Crippen LogP contribution in [-0.4, -0.2) is 48.2 Å². The molecule has 0 aliphatic carbocycles. The molecule has 3 rings (SSSR count). The third-order valence-corrected chi connectivity index (χ3v) is 6.71. The quantitative estimate of drug-likeness (QED) is 0.446. The van der Waals surface area contributed by atoms with Crippen molar-refractivity contribution in [2.24, 2.45) is 0 Å². The number of rotatable bonds is 9. The van der Waals surface area contributed by atoms with Gasteiger partial charge in [0.15, 0.2) is 11.5 Å². The number of methoxy groups -OCH3 is 3. The summed E-state index contributed by atoms with van der Waals surface area (Å²) < 4.78 is 57.5. The monoisotopic (exact) mass is 502 g/mol. The van der Waals surface area contributed by atoms with Gasteiger partial charge in [0.1, 0.15) is 12.4 Å². The minimum Gasteiger partial charge on any atom is -0.493 e. The maximum absolute atomic E-state index is 14.7. The largest absolute Gasteiger partial charge is 0.493 e. The zero-order valence-corrected chi connectivity index (χ0v) is 20.0. The molecule has 11 heteroatoms. The molecular weight excluding hydrogens is 479 g/mol. The molecule has 0 spiro atoms. The Bertz CT molecular complexity index is 1350. The van der Waals surface area contributed by atoms with Crippen LogP contribution >= 0.6 is 0 Å². The highest BCUT2D eigenvalue weighted by Gasteiger charge is 2.30. The summed E-state index contributed by atoms with van der Waals surface area (Å²) in [7, 11) is -0.517. The Morgan fingerprint density at radius 2 is 1.57 bits per heavy atom. The fraction of sp³-hybridized carbons (Fsp3) is 0.167. The SMILES string of the molecule is COC(=O)c1ccccc1NC(=O)CN(c1ccccc1F)S(=O)(=O)c1ccc(OC)c(OC)c1. The number of benzene rings is 3. The van der Waals surface area contributed by atoms with Crippen LogP contribution in [0.3, 0.4) is 0 Å². The molecule has 0 fully saturated rings. The number of ether oxygens (including phenoxy) is 3. The van der Waals surface area contributed by atoms with E-state index in [9.17, 15) is 22.4 Å². The van der Waals surface area contributed by atoms with Gasteiger partial charge in [0.05, 0.1) is 43.2 Å². The number of carbonyl (C=O) groups is 2. The number of amides is 1. The number of para-hydroxylation sites is 2. The predicted molar refractivity (Wildman–Crippen MR) is 127 cm³/mol. The number of carbonyl (C=O) groups excluding carboxylic acids is 2. The van der Waals surface area contributed by atoms with Crippen LogP contribution < -0.4 is 19.1 Å². The third kappa shape index (κ3) is 5.52. The molecule has 0 bridgehead atoms. The zero-order chi connectivity index (χ0) is 25.6. The van der Waals surface area contributed by atoms with Gasteiger partial charge in [-0.2, -0.15) is 0 Å². The van der Waals surface area contributed by atoms with Crippen LogP contribution in [0.2, 0.25) is 0 Å². The molecule has 35 heavy (non-hydrogen) atoms. The van der Waals surface area contributed by atoms with Gasteiger partial charge in [0.25, 0.3) is 10.0 Å². The highest BCUT2D eigenvalue weighted by Crippen LogP contribution is 2.33. The van der Waals surface area contributed by atoms with E-state index < -0.39 is 34.3 Å². The van der Waals surface area contributed by atoms with E-state index in [0.29, 0.717) is 10.1 Å². The summed E-state index contributed by atoms with van der Waals surface area (Å²) in [5, 5.41) is 2.50. The molecule has 3 aromatic rings. The van der Waals surface area contributed by atoms with Crippen LogP contribution in [0.1, 0.15) is 10.4 Å². The van der Waals surface area contributed by atoms with Crippen molar-refractivity contribution in [3.63, 3.8) is 0 Å². The van der Waals surface area contributed by atoms with Gasteiger partial charge in [0, 0.05) is 6.07 Å². The van der Waals surface area contributed by atoms with Crippen molar-refractivity contribution in [2.75, 3.05) is 37.5 Å². The second-order valence-electron chi connectivity index (χ2n) is 7.07. The Morgan fingerprint density at radius 3 is 2.23 bits per heavy atom. The molecule has 0 atom stereocenters. The first-order valence-electron chi connectivity index (χ1n) is 10.2. The van der Waals surface area contributed by atoms with E-state index >= 15 is 0 Å². The standard InChI is InChI=1S/C24H23FN2O7S/c1-32-21-13-12-16(14-22(21)33-2)35(30,31)27(20-11-7-5-9-18(20)25)15-23(28)26-19-10-6-4-8-17(19)24(29)34-3/h4-14H,15H2,1-3H3,(H,26,28). The molecule has 0 radical (unpaired) electrons. The summed E-state index contributed by atoms with van der Waals surface area (Å²) in [6.07, 6.45) is 0. The lowest BCUT2D eigenvalue weighted by molar-refractivity contribution is -0.114. The number of sulfonamides is 1. The van der Waals surface area contributed by atoms with Crippen LogP contribution in [-0.2, 0) is 19.6 Å². The molecule has 0 aliphatic rings. The average Bonchev–Trinajstić information content (AvgIpc) is 2.87. The van der Waals surface area contributed by atoms with Gasteiger partial charge in [-0.1, -0.05) is 24.3 Å². The number of esters is 1. The van der Waals surface area contributed by atoms with E-state index in [2.05, 4.69) is 5.32 Å². The first kappa shape index (κ1) is 25.5. The Labute approximate surface area is 202 Å². The molecule has 0 heterocycles. The highest BCUT2D eigenvalue weighted by atomic mass is 32.2. The summed E-state index contributed by atoms with van der Waals surface area (Å²) in [4.78, 5) is 24.7. The van der Waals surface area contributed by atoms with Crippen LogP contribution in [0.5, 0.6) is 11.5 Å². The lowest BCUT2D eigenvalue weighted by Gasteiger charge is -2.25. The molecule has 0 unspecified atom stereocenters. The van der Waals surface area contributed by atoms with Crippen molar-refractivity contribution < 1.29 is 36.6 Å². The number of nitrogens with one attached hydrogen (secondary N) is 1. The maximum atomic E-state index is 14.7. The predicted octanol–water partition coefficient (Wildman–Crippen LogP) is 3.46. The van der Waals surface area contributed by atoms with Crippen molar-refractivity contribution in [1.82, 2.24) is 0 Å². The van der Waals surface area contributed by atoms with Crippen molar-refractivity contribution in [2.45, 2.75) is 4.90 Å². The van der Waals surface area contributed by atoms with E-state index in [0.717, 1.165) is 6.07 Å². The van der Waals surface area contributed by atoms with Gasteiger partial charge in [-0.3, -0.25) is 9.10 Å². The Hall–Kier alpha value is -4.12. The van der Waals surface area contributed by atoms with Crippen LogP contribution in [0.15, 0.2) is 71.6 Å². The lowest BCUT2D eigenvalue weighted by Crippen LogP contribution is -2.38. The van der Waals surface area contributed by atoms with Gasteiger partial charge in [-0.15, -0.1) is 0 Å². The molecule has 1 amide bonds. The molecule has 0 saturated heterocycles. The number of hydrogen-bond donors (Lipinski definition) is 1. The topological polar surface area (TPSA) is 111 Å². The Morgan fingerprint density at radius 1 is 0.914 bits per heavy atom. The van der Waals surface area contributed by atoms with Crippen LogP contribution in [0, 0.1) is 5.82 Å². The van der Waals surface area contributed by atoms with E-state index in [1.807, 2.05) is 0 Å². The molecule has 0 aromatic heterocycles. The molecule has 1 N–H and O–H groups in total. The Kier molecular flexibility index (Phi) is 7.92. The van der Waals surface area contributed by atoms with Gasteiger partial charge in [-0.25, -0.2) is 17.6 Å². The minimum atomic E-state index is -4.45. The first-order valence-corrected chi connectivity index (χ1v) is 11.6. The molecule has 0 aliphatic heterocycles. The zero-order valence-electron chi connectivity index (χ0n) is 19.1.